The van der Waals surface area contributed by atoms with Gasteiger partial charge in [-0.2, -0.15) is 0 Å². The molecule has 3 fully saturated rings. The maximum atomic E-state index is 12.8. The van der Waals surface area contributed by atoms with Crippen LogP contribution in [0.25, 0.3) is 0 Å². The van der Waals surface area contributed by atoms with Gasteiger partial charge >= 0.3 is 0 Å². The van der Waals surface area contributed by atoms with Gasteiger partial charge in [0.2, 0.25) is 11.8 Å². The smallest absolute Gasteiger partial charge is 0.237 e. The van der Waals surface area contributed by atoms with Crippen molar-refractivity contribution in [1.82, 2.24) is 19.6 Å². The largest absolute Gasteiger partial charge is 0.379 e. The standard InChI is InChI=1S/C19H34N4O3/c1-16-4-3-5-17(2)23(16)19(25)15-20-6-8-22(9-7-20)18(24)14-21-10-12-26-13-11-21/h16-17H,3-15H2,1-2H3. The van der Waals surface area contributed by atoms with Gasteiger partial charge in [-0.1, -0.05) is 0 Å². The van der Waals surface area contributed by atoms with E-state index < -0.39 is 0 Å². The molecule has 3 aliphatic heterocycles. The van der Waals surface area contributed by atoms with Gasteiger partial charge in [0.1, 0.15) is 0 Å². The highest BCUT2D eigenvalue weighted by Crippen LogP contribution is 2.22. The normalized spacial score (nSPS) is 29.0. The molecule has 3 saturated heterocycles. The van der Waals surface area contributed by atoms with Crippen LogP contribution in [-0.2, 0) is 14.3 Å². The Balaban J connectivity index is 1.41. The molecule has 0 N–H and O–H groups in total. The fraction of sp³-hybridized carbons (Fsp3) is 0.895. The van der Waals surface area contributed by atoms with E-state index in [0.717, 1.165) is 65.3 Å². The lowest BCUT2D eigenvalue weighted by atomic mass is 9.97. The average molecular weight is 367 g/mol. The van der Waals surface area contributed by atoms with Crippen molar-refractivity contribution in [3.05, 3.63) is 0 Å². The molecule has 7 nitrogen and oxygen atoms in total. The molecule has 2 amide bonds. The third kappa shape index (κ3) is 4.96. The van der Waals surface area contributed by atoms with Crippen molar-refractivity contribution < 1.29 is 14.3 Å². The lowest BCUT2D eigenvalue weighted by molar-refractivity contribution is -0.140. The van der Waals surface area contributed by atoms with Gasteiger partial charge in [0.15, 0.2) is 0 Å². The zero-order valence-corrected chi connectivity index (χ0v) is 16.4. The summed E-state index contributed by atoms with van der Waals surface area (Å²) in [5.41, 5.74) is 0. The molecule has 3 heterocycles. The van der Waals surface area contributed by atoms with E-state index in [4.69, 9.17) is 4.74 Å². The monoisotopic (exact) mass is 366 g/mol. The topological polar surface area (TPSA) is 56.3 Å². The second-order valence-corrected chi connectivity index (χ2v) is 7.98. The second kappa shape index (κ2) is 9.15. The van der Waals surface area contributed by atoms with Gasteiger partial charge in [0.05, 0.1) is 26.3 Å². The minimum absolute atomic E-state index is 0.205. The maximum absolute atomic E-state index is 12.8. The number of nitrogens with zero attached hydrogens (tertiary/aromatic N) is 4. The van der Waals surface area contributed by atoms with Crippen molar-refractivity contribution in [3.63, 3.8) is 0 Å². The van der Waals surface area contributed by atoms with Crippen LogP contribution in [0.15, 0.2) is 0 Å². The van der Waals surface area contributed by atoms with E-state index in [2.05, 4.69) is 28.5 Å². The van der Waals surface area contributed by atoms with Crippen LogP contribution in [0.3, 0.4) is 0 Å². The Bertz CT molecular complexity index is 477. The summed E-state index contributed by atoms with van der Waals surface area (Å²) >= 11 is 0. The van der Waals surface area contributed by atoms with Gasteiger partial charge in [0, 0.05) is 51.4 Å². The quantitative estimate of drug-likeness (QED) is 0.714. The van der Waals surface area contributed by atoms with E-state index in [1.165, 1.54) is 6.42 Å². The van der Waals surface area contributed by atoms with Crippen molar-refractivity contribution in [2.75, 3.05) is 65.6 Å². The molecule has 0 bridgehead atoms. The average Bonchev–Trinajstić information content (AvgIpc) is 2.63. The molecular weight excluding hydrogens is 332 g/mol. The number of carbonyl (C=O) groups excluding carboxylic acids is 2. The second-order valence-electron chi connectivity index (χ2n) is 7.98. The molecule has 3 rings (SSSR count). The molecule has 0 aromatic heterocycles. The molecule has 0 radical (unpaired) electrons. The van der Waals surface area contributed by atoms with Gasteiger partial charge in [-0.05, 0) is 33.1 Å². The van der Waals surface area contributed by atoms with Gasteiger partial charge in [-0.25, -0.2) is 0 Å². The lowest BCUT2D eigenvalue weighted by Crippen LogP contribution is -2.55. The number of hydrogen-bond acceptors (Lipinski definition) is 5. The minimum atomic E-state index is 0.205. The van der Waals surface area contributed by atoms with Crippen LogP contribution in [0.2, 0.25) is 0 Å². The molecule has 0 aromatic carbocycles. The molecule has 2 atom stereocenters. The predicted octanol–water partition coefficient (Wildman–Crippen LogP) is 0.252. The van der Waals surface area contributed by atoms with Crippen LogP contribution in [0.5, 0.6) is 0 Å². The van der Waals surface area contributed by atoms with Crippen LogP contribution in [0.1, 0.15) is 33.1 Å². The number of likely N-dealkylation sites (tertiary alicyclic amines) is 1. The summed E-state index contributed by atoms with van der Waals surface area (Å²) in [5, 5.41) is 0. The zero-order chi connectivity index (χ0) is 18.5. The molecule has 0 spiro atoms. The Morgan fingerprint density at radius 3 is 1.96 bits per heavy atom. The minimum Gasteiger partial charge on any atom is -0.379 e. The number of hydrogen-bond donors (Lipinski definition) is 0. The first-order chi connectivity index (χ1) is 12.5. The summed E-state index contributed by atoms with van der Waals surface area (Å²) < 4.78 is 5.33. The Hall–Kier alpha value is -1.18. The molecule has 2 unspecified atom stereocenters. The third-order valence-electron chi connectivity index (χ3n) is 6.03. The highest BCUT2D eigenvalue weighted by molar-refractivity contribution is 5.79. The summed E-state index contributed by atoms with van der Waals surface area (Å²) in [7, 11) is 0. The number of piperazine rings is 1. The van der Waals surface area contributed by atoms with Crippen molar-refractivity contribution in [2.45, 2.75) is 45.2 Å². The van der Waals surface area contributed by atoms with Crippen molar-refractivity contribution in [1.29, 1.82) is 0 Å². The first-order valence-electron chi connectivity index (χ1n) is 10.2. The Morgan fingerprint density at radius 2 is 1.35 bits per heavy atom. The Morgan fingerprint density at radius 1 is 0.808 bits per heavy atom. The first-order valence-corrected chi connectivity index (χ1v) is 10.2. The summed E-state index contributed by atoms with van der Waals surface area (Å²) in [6.45, 7) is 11.4. The number of carbonyl (C=O) groups is 2. The third-order valence-corrected chi connectivity index (χ3v) is 6.03. The molecule has 7 heteroatoms. The predicted molar refractivity (Wildman–Crippen MR) is 99.9 cm³/mol. The Kier molecular flexibility index (Phi) is 6.89. The van der Waals surface area contributed by atoms with Crippen LogP contribution >= 0.6 is 0 Å². The molecule has 0 saturated carbocycles. The van der Waals surface area contributed by atoms with Crippen molar-refractivity contribution >= 4 is 11.8 Å². The summed E-state index contributed by atoms with van der Waals surface area (Å²) in [6.07, 6.45) is 3.44. The molecule has 148 valence electrons. The van der Waals surface area contributed by atoms with E-state index in [-0.39, 0.29) is 11.8 Å². The van der Waals surface area contributed by atoms with Gasteiger partial charge in [-0.3, -0.25) is 19.4 Å². The van der Waals surface area contributed by atoms with Crippen LogP contribution in [0.4, 0.5) is 0 Å². The van der Waals surface area contributed by atoms with Crippen LogP contribution in [0, 0.1) is 0 Å². The van der Waals surface area contributed by atoms with E-state index in [1.807, 2.05) is 4.90 Å². The van der Waals surface area contributed by atoms with E-state index in [0.29, 0.717) is 25.2 Å². The SMILES string of the molecule is CC1CCCC(C)N1C(=O)CN1CCN(C(=O)CN2CCOCC2)CC1. The van der Waals surface area contributed by atoms with Crippen molar-refractivity contribution in [3.8, 4) is 0 Å². The fourth-order valence-corrected chi connectivity index (χ4v) is 4.39. The summed E-state index contributed by atoms with van der Waals surface area (Å²) in [6, 6.07) is 0.699. The number of morpholine rings is 1. The molecule has 0 aliphatic carbocycles. The number of rotatable bonds is 4. The zero-order valence-electron chi connectivity index (χ0n) is 16.4. The molecule has 0 aromatic rings. The van der Waals surface area contributed by atoms with Crippen LogP contribution < -0.4 is 0 Å². The molecule has 3 aliphatic rings. The summed E-state index contributed by atoms with van der Waals surface area (Å²) in [5.74, 6) is 0.453. The molecule has 26 heavy (non-hydrogen) atoms. The van der Waals surface area contributed by atoms with E-state index in [1.54, 1.807) is 0 Å². The van der Waals surface area contributed by atoms with Gasteiger partial charge in [0.25, 0.3) is 0 Å². The van der Waals surface area contributed by atoms with Gasteiger partial charge in [-0.15, -0.1) is 0 Å². The highest BCUT2D eigenvalue weighted by Gasteiger charge is 2.31. The highest BCUT2D eigenvalue weighted by atomic mass is 16.5. The van der Waals surface area contributed by atoms with E-state index >= 15 is 0 Å². The first kappa shape index (κ1) is 19.6. The summed E-state index contributed by atoms with van der Waals surface area (Å²) in [4.78, 5) is 33.6. The lowest BCUT2D eigenvalue weighted by Gasteiger charge is -2.41. The fourth-order valence-electron chi connectivity index (χ4n) is 4.39. The number of piperidine rings is 1. The van der Waals surface area contributed by atoms with Crippen LogP contribution in [-0.4, -0.2) is 109 Å². The van der Waals surface area contributed by atoms with E-state index in [9.17, 15) is 9.59 Å². The number of ether oxygens (including phenoxy) is 1. The molecular formula is C19H34N4O3. The Labute approximate surface area is 157 Å². The number of amides is 2. The maximum Gasteiger partial charge on any atom is 0.237 e. The van der Waals surface area contributed by atoms with Gasteiger partial charge < -0.3 is 14.5 Å². The van der Waals surface area contributed by atoms with Crippen molar-refractivity contribution in [2.24, 2.45) is 0 Å².